The lowest BCUT2D eigenvalue weighted by Gasteiger charge is -2.20. The van der Waals surface area contributed by atoms with Crippen molar-refractivity contribution in [1.82, 2.24) is 10.3 Å². The Morgan fingerprint density at radius 3 is 2.75 bits per heavy atom. The standard InChI is InChI=1S/C4H9N3O/c8-6-7-3-1-5-2-4-7/h5H,1-4H2/i1D2,2D2,3D2,4D2. The molecule has 0 aromatic rings. The minimum atomic E-state index is -3.11. The van der Waals surface area contributed by atoms with E-state index in [0.717, 1.165) is 0 Å². The summed E-state index contributed by atoms with van der Waals surface area (Å²) in [6, 6.07) is 0. The quantitative estimate of drug-likeness (QED) is 0.481. The number of hydrogen-bond donors (Lipinski definition) is 1. The van der Waals surface area contributed by atoms with Crippen molar-refractivity contribution in [2.45, 2.75) is 0 Å². The van der Waals surface area contributed by atoms with E-state index in [9.17, 15) is 4.91 Å². The summed E-state index contributed by atoms with van der Waals surface area (Å²) in [5.74, 6) is 0. The average molecular weight is 123 g/mol. The van der Waals surface area contributed by atoms with Gasteiger partial charge in [-0.1, -0.05) is 0 Å². The van der Waals surface area contributed by atoms with Crippen LogP contribution in [0.5, 0.6) is 0 Å². The van der Waals surface area contributed by atoms with Crippen LogP contribution in [0.4, 0.5) is 0 Å². The molecule has 1 N–H and O–H groups in total. The van der Waals surface area contributed by atoms with Gasteiger partial charge in [-0.15, -0.1) is 4.91 Å². The zero-order valence-electron chi connectivity index (χ0n) is 11.8. The third kappa shape index (κ3) is 1.16. The number of piperazine rings is 1. The molecule has 0 aromatic heterocycles. The molecule has 0 aromatic carbocycles. The molecule has 0 saturated carbocycles. The second-order valence-corrected chi connectivity index (χ2v) is 0.992. The van der Waals surface area contributed by atoms with Crippen LogP contribution in [0.1, 0.15) is 11.0 Å². The molecular formula is C4H9N3O. The summed E-state index contributed by atoms with van der Waals surface area (Å²) >= 11 is 0. The Labute approximate surface area is 59.0 Å². The van der Waals surface area contributed by atoms with Gasteiger partial charge in [-0.25, -0.2) is 0 Å². The van der Waals surface area contributed by atoms with Crippen LogP contribution in [-0.4, -0.2) is 31.0 Å². The molecule has 4 nitrogen and oxygen atoms in total. The number of nitrogens with zero attached hydrogens (tertiary/aromatic N) is 2. The van der Waals surface area contributed by atoms with Gasteiger partial charge in [-0.05, 0) is 0 Å². The fourth-order valence-electron chi connectivity index (χ4n) is 0.262. The van der Waals surface area contributed by atoms with E-state index in [0.29, 0.717) is 0 Å². The normalized spacial score (nSPS) is 60.8. The van der Waals surface area contributed by atoms with Crippen molar-refractivity contribution in [2.75, 3.05) is 26.0 Å². The van der Waals surface area contributed by atoms with Crippen molar-refractivity contribution in [3.05, 3.63) is 4.91 Å². The molecule has 1 aliphatic heterocycles. The minimum absolute atomic E-state index is 0.378. The zero-order chi connectivity index (χ0) is 13.0. The number of nitrogens with one attached hydrogen (secondary N) is 1. The van der Waals surface area contributed by atoms with Gasteiger partial charge in [0.25, 0.3) is 0 Å². The molecular weight excluding hydrogens is 106 g/mol. The smallest absolute Gasteiger partial charge is 0.0525 e. The van der Waals surface area contributed by atoms with Crippen LogP contribution in [0.3, 0.4) is 0 Å². The predicted molar refractivity (Wildman–Crippen MR) is 30.2 cm³/mol. The van der Waals surface area contributed by atoms with Crippen LogP contribution in [0, 0.1) is 4.91 Å². The highest BCUT2D eigenvalue weighted by atomic mass is 16.3. The van der Waals surface area contributed by atoms with Gasteiger partial charge in [-0.3, -0.25) is 5.01 Å². The van der Waals surface area contributed by atoms with Gasteiger partial charge in [-0.2, -0.15) is 0 Å². The largest absolute Gasteiger partial charge is 0.313 e. The van der Waals surface area contributed by atoms with Gasteiger partial charge in [0.05, 0.1) is 23.8 Å². The topological polar surface area (TPSA) is 44.7 Å². The second kappa shape index (κ2) is 2.61. The number of nitroso groups, excluding NO2 is 1. The maximum atomic E-state index is 10.4. The van der Waals surface area contributed by atoms with E-state index in [4.69, 9.17) is 11.0 Å². The Kier molecular flexibility index (Phi) is 0.412. The molecule has 1 rings (SSSR count). The summed E-state index contributed by atoms with van der Waals surface area (Å²) in [4.78, 5) is 10.4. The average Bonchev–Trinajstić information content (AvgIpc) is 1.99. The van der Waals surface area contributed by atoms with E-state index in [2.05, 4.69) is 5.29 Å². The maximum absolute atomic E-state index is 10.4. The molecule has 1 fully saturated rings. The van der Waals surface area contributed by atoms with Crippen LogP contribution in [0.2, 0.25) is 0 Å². The highest BCUT2D eigenvalue weighted by Crippen LogP contribution is 1.89. The van der Waals surface area contributed by atoms with Gasteiger partial charge in [0.15, 0.2) is 0 Å². The Morgan fingerprint density at radius 1 is 1.62 bits per heavy atom. The third-order valence-electron chi connectivity index (χ3n) is 0.530. The molecule has 4 heteroatoms. The Balaban J connectivity index is 3.35. The molecule has 1 aliphatic rings. The minimum Gasteiger partial charge on any atom is -0.313 e. The molecule has 1 heterocycles. The van der Waals surface area contributed by atoms with Gasteiger partial charge in [0.2, 0.25) is 0 Å². The van der Waals surface area contributed by atoms with E-state index in [1.165, 1.54) is 0 Å². The highest BCUT2D eigenvalue weighted by molar-refractivity contribution is 4.62. The lowest BCUT2D eigenvalue weighted by molar-refractivity contribution is 0.248. The molecule has 0 amide bonds. The Bertz CT molecular complexity index is 290. The Hall–Kier alpha value is -0.640. The van der Waals surface area contributed by atoms with E-state index < -0.39 is 26.0 Å². The monoisotopic (exact) mass is 123 g/mol. The van der Waals surface area contributed by atoms with Crippen molar-refractivity contribution in [3.63, 3.8) is 0 Å². The fourth-order valence-corrected chi connectivity index (χ4v) is 0.262. The van der Waals surface area contributed by atoms with Crippen molar-refractivity contribution in [2.24, 2.45) is 5.29 Å². The lowest BCUT2D eigenvalue weighted by Crippen LogP contribution is -2.40. The van der Waals surface area contributed by atoms with Crippen molar-refractivity contribution >= 4 is 0 Å². The molecule has 0 aliphatic carbocycles. The van der Waals surface area contributed by atoms with E-state index >= 15 is 0 Å². The first kappa shape index (κ1) is 1.26. The molecule has 0 atom stereocenters. The number of rotatable bonds is 1. The van der Waals surface area contributed by atoms with Gasteiger partial charge < -0.3 is 5.32 Å². The molecule has 8 heavy (non-hydrogen) atoms. The molecule has 1 saturated heterocycles. The second-order valence-electron chi connectivity index (χ2n) is 0.992. The van der Waals surface area contributed by atoms with E-state index in [1.807, 2.05) is 0 Å². The SMILES string of the molecule is [2H]C1([2H])NC([2H])([2H])C([2H])([2H])N(N=O)C1([2H])[2H]. The third-order valence-corrected chi connectivity index (χ3v) is 0.530. The lowest BCUT2D eigenvalue weighted by atomic mass is 10.4. The van der Waals surface area contributed by atoms with Crippen LogP contribution >= 0.6 is 0 Å². The first-order valence-electron chi connectivity index (χ1n) is 5.83. The van der Waals surface area contributed by atoms with Crippen LogP contribution in [0.15, 0.2) is 5.29 Å². The Morgan fingerprint density at radius 2 is 2.25 bits per heavy atom. The molecule has 0 spiro atoms. The van der Waals surface area contributed by atoms with Gasteiger partial charge >= 0.3 is 0 Å². The first-order chi connectivity index (χ1) is 6.90. The summed E-state index contributed by atoms with van der Waals surface area (Å²) in [5, 5.41) is 3.23. The summed E-state index contributed by atoms with van der Waals surface area (Å²) in [6.45, 7) is -12.1. The van der Waals surface area contributed by atoms with Crippen molar-refractivity contribution < 1.29 is 11.0 Å². The van der Waals surface area contributed by atoms with E-state index in [1.54, 1.807) is 5.32 Å². The van der Waals surface area contributed by atoms with Crippen molar-refractivity contribution in [3.8, 4) is 0 Å². The van der Waals surface area contributed by atoms with Gasteiger partial charge in [0, 0.05) is 18.5 Å². The summed E-state index contributed by atoms with van der Waals surface area (Å²) in [7, 11) is 0. The molecule has 0 radical (unpaired) electrons. The summed E-state index contributed by atoms with van der Waals surface area (Å²) in [6.07, 6.45) is 0. The first-order valence-corrected chi connectivity index (χ1v) is 1.83. The maximum Gasteiger partial charge on any atom is 0.0525 e. The van der Waals surface area contributed by atoms with Crippen molar-refractivity contribution in [1.29, 1.82) is 0 Å². The van der Waals surface area contributed by atoms with E-state index in [-0.39, 0.29) is 5.01 Å². The molecule has 0 bridgehead atoms. The number of hydrogen-bond acceptors (Lipinski definition) is 3. The van der Waals surface area contributed by atoms with Gasteiger partial charge in [0.1, 0.15) is 0 Å². The van der Waals surface area contributed by atoms with Crippen LogP contribution in [0.25, 0.3) is 0 Å². The molecule has 46 valence electrons. The predicted octanol–water partition coefficient (Wildman–Crippen LogP) is -0.427. The molecule has 0 unspecified atom stereocenters. The highest BCUT2D eigenvalue weighted by Gasteiger charge is 2.05. The van der Waals surface area contributed by atoms with Crippen LogP contribution in [-0.2, 0) is 0 Å². The summed E-state index contributed by atoms with van der Waals surface area (Å²) < 4.78 is 58.0. The van der Waals surface area contributed by atoms with Crippen LogP contribution < -0.4 is 5.32 Å². The zero-order valence-corrected chi connectivity index (χ0v) is 3.80. The fraction of sp³-hybridized carbons (Fsp3) is 1.00. The summed E-state index contributed by atoms with van der Waals surface area (Å²) in [5.41, 5.74) is 0.